The molecule has 4 aliphatic rings. The number of carbonyl (C=O) groups excluding carboxylic acids is 4. The van der Waals surface area contributed by atoms with E-state index in [1.807, 2.05) is 6.08 Å². The number of amides is 4. The van der Waals surface area contributed by atoms with Crippen LogP contribution >= 0.6 is 43.5 Å². The van der Waals surface area contributed by atoms with Gasteiger partial charge in [-0.2, -0.15) is 0 Å². The molecule has 0 aromatic heterocycles. The largest absolute Gasteiger partial charge is 0.503 e. The van der Waals surface area contributed by atoms with Crippen LogP contribution in [0.3, 0.4) is 0 Å². The molecule has 2 aliphatic heterocycles. The number of methoxy groups -OCH3 is 1. The van der Waals surface area contributed by atoms with Crippen molar-refractivity contribution in [3.05, 3.63) is 130 Å². The molecule has 0 radical (unpaired) electrons. The molecule has 18 heteroatoms. The van der Waals surface area contributed by atoms with E-state index >= 15 is 9.59 Å². The van der Waals surface area contributed by atoms with E-state index in [9.17, 15) is 34.9 Å². The van der Waals surface area contributed by atoms with Crippen molar-refractivity contribution in [2.24, 2.45) is 23.7 Å². The Kier molecular flexibility index (Phi) is 9.91. The van der Waals surface area contributed by atoms with Gasteiger partial charge in [0.2, 0.25) is 23.6 Å². The van der Waals surface area contributed by atoms with Crippen molar-refractivity contribution in [3.63, 3.8) is 0 Å². The number of phenolic OH excluding ortho intramolecular Hbond substituents is 1. The van der Waals surface area contributed by atoms with Crippen molar-refractivity contribution in [1.82, 2.24) is 0 Å². The van der Waals surface area contributed by atoms with Crippen LogP contribution in [0.1, 0.15) is 29.9 Å². The molecule has 0 spiro atoms. The fourth-order valence-corrected chi connectivity index (χ4v) is 10.9. The lowest BCUT2D eigenvalue weighted by Crippen LogP contribution is -2.53. The van der Waals surface area contributed by atoms with Crippen LogP contribution in [0.2, 0.25) is 5.02 Å². The Hall–Kier alpha value is -5.65. The van der Waals surface area contributed by atoms with E-state index in [1.165, 1.54) is 32.2 Å². The van der Waals surface area contributed by atoms with Crippen LogP contribution in [-0.4, -0.2) is 59.8 Å². The molecule has 6 unspecified atom stereocenters. The van der Waals surface area contributed by atoms with E-state index in [0.29, 0.717) is 21.2 Å². The number of nitrogens with zero attached hydrogens (tertiary/aromatic N) is 5. The van der Waals surface area contributed by atoms with E-state index < -0.39 is 79.9 Å². The molecular weight excluding hydrogens is 918 g/mol. The summed E-state index contributed by atoms with van der Waals surface area (Å²) in [5, 5.41) is 35.9. The highest BCUT2D eigenvalue weighted by atomic mass is 79.9. The van der Waals surface area contributed by atoms with Gasteiger partial charge in [-0.25, -0.2) is 9.80 Å². The van der Waals surface area contributed by atoms with Crippen LogP contribution in [0.25, 0.3) is 0 Å². The minimum Gasteiger partial charge on any atom is -0.503 e. The summed E-state index contributed by atoms with van der Waals surface area (Å²) < 4.78 is 6.13. The molecule has 8 rings (SSSR count). The van der Waals surface area contributed by atoms with Gasteiger partial charge < -0.3 is 14.7 Å². The van der Waals surface area contributed by atoms with E-state index in [4.69, 9.17) is 16.3 Å². The molecule has 4 aromatic carbocycles. The fourth-order valence-electron chi connectivity index (χ4n) is 9.78. The predicted octanol–water partition coefficient (Wildman–Crippen LogP) is 7.83. The first-order valence-corrected chi connectivity index (χ1v) is 20.2. The van der Waals surface area contributed by atoms with Gasteiger partial charge in [0.15, 0.2) is 17.2 Å². The zero-order valence-electron chi connectivity index (χ0n) is 31.3. The second-order valence-electron chi connectivity index (χ2n) is 15.0. The molecule has 15 nitrogen and oxygen atoms in total. The maximum absolute atomic E-state index is 15.6. The predicted molar refractivity (Wildman–Crippen MR) is 223 cm³/mol. The van der Waals surface area contributed by atoms with Crippen LogP contribution in [0.5, 0.6) is 11.5 Å². The summed E-state index contributed by atoms with van der Waals surface area (Å²) in [6.45, 7) is 0. The Morgan fingerprint density at radius 1 is 0.847 bits per heavy atom. The molecule has 3 fully saturated rings. The third-order valence-electron chi connectivity index (χ3n) is 12.0. The first-order chi connectivity index (χ1) is 28.1. The van der Waals surface area contributed by atoms with Gasteiger partial charge in [0.25, 0.3) is 0 Å². The van der Waals surface area contributed by atoms with Gasteiger partial charge in [0.05, 0.1) is 56.0 Å². The zero-order chi connectivity index (χ0) is 42.4. The molecule has 1 N–H and O–H groups in total. The molecule has 0 bridgehead atoms. The molecule has 4 aromatic rings. The standard InChI is InChI=1S/C41H32Br2ClN5O10/c1-45(2)35-28(48(55)56)15-22(16-29(35)49(57)58)46-37(51)24-13-12-23-25(31(24)39(46)53)17-27-38(52)47(21-11-7-10-20(44)14-21)40(54)41(27,19-8-5-4-6-9-19)32(23)26-18-30(59-3)36(50)34(43)33(26)42/h4-12,14-16,18,24-25,27,31-32,50H,13,17H2,1-3H3. The van der Waals surface area contributed by atoms with Gasteiger partial charge in [0.1, 0.15) is 0 Å². The Balaban J connectivity index is 1.36. The average Bonchev–Trinajstić information content (AvgIpc) is 3.60. The number of fused-ring (bicyclic) bond motifs is 4. The van der Waals surface area contributed by atoms with Gasteiger partial charge in [0, 0.05) is 41.6 Å². The third kappa shape index (κ3) is 5.79. The Bertz CT molecular complexity index is 2550. The van der Waals surface area contributed by atoms with Gasteiger partial charge in [-0.15, -0.1) is 0 Å². The highest BCUT2D eigenvalue weighted by Crippen LogP contribution is 2.66. The lowest BCUT2D eigenvalue weighted by atomic mass is 9.49. The minimum absolute atomic E-state index is 0.00225. The number of carbonyl (C=O) groups is 4. The first-order valence-electron chi connectivity index (χ1n) is 18.2. The summed E-state index contributed by atoms with van der Waals surface area (Å²) >= 11 is 13.5. The Morgan fingerprint density at radius 3 is 2.10 bits per heavy atom. The Labute approximate surface area is 357 Å². The van der Waals surface area contributed by atoms with Crippen LogP contribution in [0, 0.1) is 43.9 Å². The van der Waals surface area contributed by atoms with Gasteiger partial charge in [-0.05, 0) is 86.0 Å². The van der Waals surface area contributed by atoms with Crippen molar-refractivity contribution in [2.45, 2.75) is 24.2 Å². The smallest absolute Gasteiger partial charge is 0.301 e. The SMILES string of the molecule is COc1cc(C2C3=CCC4C(=O)N(c5cc([N+](=O)[O-])c(N(C)C)c([N+](=O)[O-])c5)C(=O)C4C3CC3C(=O)N(c4cccc(Cl)c4)C(=O)C32c2ccccc2)c(Br)c(Br)c1O. The van der Waals surface area contributed by atoms with E-state index in [2.05, 4.69) is 31.9 Å². The lowest BCUT2D eigenvalue weighted by molar-refractivity contribution is -0.392. The summed E-state index contributed by atoms with van der Waals surface area (Å²) in [5.41, 5.74) is -1.91. The molecule has 4 amide bonds. The van der Waals surface area contributed by atoms with Crippen LogP contribution in [0.15, 0.2) is 93.4 Å². The second-order valence-corrected chi connectivity index (χ2v) is 17.0. The zero-order valence-corrected chi connectivity index (χ0v) is 35.2. The lowest BCUT2D eigenvalue weighted by Gasteiger charge is -2.51. The number of rotatable bonds is 8. The number of nitro groups is 2. The molecule has 1 saturated carbocycles. The summed E-state index contributed by atoms with van der Waals surface area (Å²) in [4.78, 5) is 86.0. The van der Waals surface area contributed by atoms with Crippen molar-refractivity contribution in [3.8, 4) is 11.5 Å². The van der Waals surface area contributed by atoms with E-state index in [-0.39, 0.29) is 50.9 Å². The number of aromatic hydroxyl groups is 1. The molecule has 302 valence electrons. The Morgan fingerprint density at radius 2 is 1.51 bits per heavy atom. The van der Waals surface area contributed by atoms with Gasteiger partial charge in [-0.3, -0.25) is 39.4 Å². The summed E-state index contributed by atoms with van der Waals surface area (Å²) in [6.07, 6.45) is 1.74. The molecule has 2 heterocycles. The maximum Gasteiger partial charge on any atom is 0.301 e. The number of anilines is 3. The number of benzene rings is 4. The molecule has 2 saturated heterocycles. The van der Waals surface area contributed by atoms with Gasteiger partial charge >= 0.3 is 11.4 Å². The van der Waals surface area contributed by atoms with E-state index in [1.54, 1.807) is 54.6 Å². The van der Waals surface area contributed by atoms with Crippen LogP contribution in [-0.2, 0) is 24.6 Å². The van der Waals surface area contributed by atoms with Crippen LogP contribution in [0.4, 0.5) is 28.4 Å². The van der Waals surface area contributed by atoms with Crippen LogP contribution < -0.4 is 19.4 Å². The van der Waals surface area contributed by atoms with Crippen molar-refractivity contribution < 1.29 is 38.9 Å². The molecular formula is C41H32Br2ClN5O10. The number of ether oxygens (including phenoxy) is 1. The van der Waals surface area contributed by atoms with E-state index in [0.717, 1.165) is 21.9 Å². The topological polar surface area (TPSA) is 194 Å². The second kappa shape index (κ2) is 14.6. The summed E-state index contributed by atoms with van der Waals surface area (Å²) in [6, 6.07) is 18.7. The maximum atomic E-state index is 15.6. The number of allylic oxidation sites excluding steroid dienone is 2. The number of imide groups is 2. The number of hydrogen-bond donors (Lipinski definition) is 1. The van der Waals surface area contributed by atoms with Gasteiger partial charge in [-0.1, -0.05) is 59.6 Å². The summed E-state index contributed by atoms with van der Waals surface area (Å²) in [7, 11) is 4.17. The first kappa shape index (κ1) is 40.1. The number of phenols is 1. The fraction of sp³-hybridized carbons (Fsp3) is 0.268. The normalized spacial score (nSPS) is 24.7. The minimum atomic E-state index is -1.66. The quantitative estimate of drug-likeness (QED) is 0.0783. The molecule has 6 atom stereocenters. The van der Waals surface area contributed by atoms with Crippen molar-refractivity contribution >= 4 is 95.5 Å². The van der Waals surface area contributed by atoms with Crippen molar-refractivity contribution in [2.75, 3.05) is 35.9 Å². The average molecular weight is 950 g/mol. The molecule has 59 heavy (non-hydrogen) atoms. The summed E-state index contributed by atoms with van der Waals surface area (Å²) in [5.74, 6) is -7.91. The highest BCUT2D eigenvalue weighted by Gasteiger charge is 2.70. The number of halogens is 3. The monoisotopic (exact) mass is 947 g/mol. The molecule has 2 aliphatic carbocycles. The number of nitro benzene ring substituents is 2. The third-order valence-corrected chi connectivity index (χ3v) is 14.4. The van der Waals surface area contributed by atoms with Crippen molar-refractivity contribution in [1.29, 1.82) is 0 Å². The highest BCUT2D eigenvalue weighted by molar-refractivity contribution is 9.13. The number of hydrogen-bond acceptors (Lipinski definition) is 11.